The molecule has 3 heterocycles. The van der Waals surface area contributed by atoms with Gasteiger partial charge in [0.15, 0.2) is 16.7 Å². The summed E-state index contributed by atoms with van der Waals surface area (Å²) in [7, 11) is 0. The van der Waals surface area contributed by atoms with Crippen LogP contribution >= 0.6 is 23.4 Å². The smallest absolute Gasteiger partial charge is 0.262 e. The molecule has 2 aliphatic heterocycles. The van der Waals surface area contributed by atoms with Crippen LogP contribution in [-0.4, -0.2) is 35.5 Å². The van der Waals surface area contributed by atoms with E-state index in [0.29, 0.717) is 58.1 Å². The number of nitrogens with zero attached hydrogens (tertiary/aromatic N) is 2. The quantitative estimate of drug-likeness (QED) is 0.432. The summed E-state index contributed by atoms with van der Waals surface area (Å²) in [5.74, 6) is 1.86. The second kappa shape index (κ2) is 8.49. The molecule has 30 heavy (non-hydrogen) atoms. The molecule has 0 saturated carbocycles. The second-order valence-electron chi connectivity index (χ2n) is 7.35. The van der Waals surface area contributed by atoms with Crippen LogP contribution in [0.1, 0.15) is 18.4 Å². The van der Waals surface area contributed by atoms with Crippen molar-refractivity contribution >= 4 is 34.3 Å². The van der Waals surface area contributed by atoms with E-state index in [2.05, 4.69) is 0 Å². The fourth-order valence-electron chi connectivity index (χ4n) is 3.81. The van der Waals surface area contributed by atoms with Crippen LogP contribution in [0.3, 0.4) is 0 Å². The van der Waals surface area contributed by atoms with Crippen molar-refractivity contribution in [3.8, 4) is 11.5 Å². The summed E-state index contributed by atoms with van der Waals surface area (Å²) < 4.78 is 18.8. The highest BCUT2D eigenvalue weighted by Crippen LogP contribution is 2.39. The van der Waals surface area contributed by atoms with Gasteiger partial charge in [0.05, 0.1) is 28.6 Å². The number of fused-ring (bicyclic) bond motifs is 2. The first-order valence-electron chi connectivity index (χ1n) is 10.0. The summed E-state index contributed by atoms with van der Waals surface area (Å²) in [4.78, 5) is 18.0. The highest BCUT2D eigenvalue weighted by molar-refractivity contribution is 7.98. The Balaban J connectivity index is 1.47. The molecule has 0 radical (unpaired) electrons. The van der Waals surface area contributed by atoms with Gasteiger partial charge in [0.2, 0.25) is 0 Å². The molecule has 1 fully saturated rings. The minimum absolute atomic E-state index is 0.0289. The first-order valence-corrected chi connectivity index (χ1v) is 11.4. The number of ether oxygens (including phenoxy) is 3. The SMILES string of the molecule is O=c1c2ccccc2nc(SCc2cc(Cl)c3c(c2)OCCO3)n1C[C@@H]1CCCO1. The third kappa shape index (κ3) is 3.89. The molecule has 2 aliphatic rings. The molecule has 1 saturated heterocycles. The molecule has 0 unspecified atom stereocenters. The fraction of sp³-hybridized carbons (Fsp3) is 0.364. The maximum atomic E-state index is 13.2. The van der Waals surface area contributed by atoms with Crippen LogP contribution in [0.2, 0.25) is 5.02 Å². The number of aromatic nitrogens is 2. The summed E-state index contributed by atoms with van der Waals surface area (Å²) in [6, 6.07) is 11.3. The largest absolute Gasteiger partial charge is 0.486 e. The number of benzene rings is 2. The van der Waals surface area contributed by atoms with Gasteiger partial charge in [-0.3, -0.25) is 9.36 Å². The maximum Gasteiger partial charge on any atom is 0.262 e. The predicted molar refractivity (Wildman–Crippen MR) is 117 cm³/mol. The van der Waals surface area contributed by atoms with Crippen molar-refractivity contribution < 1.29 is 14.2 Å². The highest BCUT2D eigenvalue weighted by atomic mass is 35.5. The summed E-state index contributed by atoms with van der Waals surface area (Å²) in [5.41, 5.74) is 1.66. The van der Waals surface area contributed by atoms with Crippen molar-refractivity contribution in [2.24, 2.45) is 0 Å². The summed E-state index contributed by atoms with van der Waals surface area (Å²) >= 11 is 7.89. The molecule has 3 aromatic rings. The number of hydrogen-bond donors (Lipinski definition) is 0. The lowest BCUT2D eigenvalue weighted by atomic mass is 10.2. The van der Waals surface area contributed by atoms with Gasteiger partial charge >= 0.3 is 0 Å². The molecule has 2 aromatic carbocycles. The number of para-hydroxylation sites is 1. The Bertz CT molecular complexity index is 1140. The van der Waals surface area contributed by atoms with E-state index in [0.717, 1.165) is 25.0 Å². The zero-order valence-corrected chi connectivity index (χ0v) is 17.9. The molecule has 8 heteroatoms. The van der Waals surface area contributed by atoms with Crippen molar-refractivity contribution in [2.75, 3.05) is 19.8 Å². The Morgan fingerprint density at radius 3 is 2.90 bits per heavy atom. The Morgan fingerprint density at radius 2 is 2.03 bits per heavy atom. The fourth-order valence-corrected chi connectivity index (χ4v) is 5.03. The summed E-state index contributed by atoms with van der Waals surface area (Å²) in [6.45, 7) is 2.27. The number of hydrogen-bond acceptors (Lipinski definition) is 6. The molecule has 0 N–H and O–H groups in total. The average Bonchev–Trinajstić information content (AvgIpc) is 3.28. The minimum atomic E-state index is -0.0289. The molecule has 0 spiro atoms. The highest BCUT2D eigenvalue weighted by Gasteiger charge is 2.21. The van der Waals surface area contributed by atoms with Crippen LogP contribution in [-0.2, 0) is 17.0 Å². The van der Waals surface area contributed by atoms with Crippen molar-refractivity contribution in [1.82, 2.24) is 9.55 Å². The normalized spacial score (nSPS) is 18.1. The standard InChI is InChI=1S/C22H21ClN2O4S/c23-17-10-14(11-19-20(17)29-9-8-28-19)13-30-22-24-18-6-2-1-5-16(18)21(26)25(22)12-15-4-3-7-27-15/h1-2,5-6,10-11,15H,3-4,7-9,12-13H2/t15-/m0/s1. The lowest BCUT2D eigenvalue weighted by Gasteiger charge is -2.20. The molecular weight excluding hydrogens is 424 g/mol. The number of thioether (sulfide) groups is 1. The molecule has 1 atom stereocenters. The van der Waals surface area contributed by atoms with Crippen LogP contribution in [0.5, 0.6) is 11.5 Å². The van der Waals surface area contributed by atoms with E-state index >= 15 is 0 Å². The molecule has 1 aromatic heterocycles. The van der Waals surface area contributed by atoms with Gasteiger partial charge in [0.1, 0.15) is 13.2 Å². The van der Waals surface area contributed by atoms with Crippen LogP contribution in [0.25, 0.3) is 10.9 Å². The lowest BCUT2D eigenvalue weighted by Crippen LogP contribution is -2.28. The molecule has 156 valence electrons. The van der Waals surface area contributed by atoms with Gasteiger partial charge in [-0.2, -0.15) is 0 Å². The summed E-state index contributed by atoms with van der Waals surface area (Å²) in [6.07, 6.45) is 2.04. The van der Waals surface area contributed by atoms with E-state index in [1.54, 1.807) is 4.57 Å². The van der Waals surface area contributed by atoms with Gasteiger partial charge in [-0.25, -0.2) is 4.98 Å². The minimum Gasteiger partial charge on any atom is -0.486 e. The first kappa shape index (κ1) is 19.7. The van der Waals surface area contributed by atoms with E-state index in [1.165, 1.54) is 11.8 Å². The van der Waals surface area contributed by atoms with E-state index in [-0.39, 0.29) is 11.7 Å². The van der Waals surface area contributed by atoms with Crippen molar-refractivity contribution in [3.63, 3.8) is 0 Å². The maximum absolute atomic E-state index is 13.2. The number of halogens is 1. The first-order chi connectivity index (χ1) is 14.7. The van der Waals surface area contributed by atoms with Crippen LogP contribution < -0.4 is 15.0 Å². The van der Waals surface area contributed by atoms with Crippen LogP contribution in [0.4, 0.5) is 0 Å². The molecule has 0 aliphatic carbocycles. The van der Waals surface area contributed by atoms with E-state index in [1.807, 2.05) is 36.4 Å². The molecule has 0 bridgehead atoms. The van der Waals surface area contributed by atoms with Gasteiger partial charge in [-0.05, 0) is 42.7 Å². The van der Waals surface area contributed by atoms with E-state index in [9.17, 15) is 4.79 Å². The Hall–Kier alpha value is -2.22. The molecule has 5 rings (SSSR count). The third-order valence-corrected chi connectivity index (χ3v) is 6.59. The van der Waals surface area contributed by atoms with Gasteiger partial charge in [-0.1, -0.05) is 35.5 Å². The molecule has 0 amide bonds. The second-order valence-corrected chi connectivity index (χ2v) is 8.70. The predicted octanol–water partition coefficient (Wildman–Crippen LogP) is 4.29. The monoisotopic (exact) mass is 444 g/mol. The Kier molecular flexibility index (Phi) is 5.58. The summed E-state index contributed by atoms with van der Waals surface area (Å²) in [5, 5.41) is 1.84. The van der Waals surface area contributed by atoms with Gasteiger partial charge < -0.3 is 14.2 Å². The van der Waals surface area contributed by atoms with E-state index < -0.39 is 0 Å². The van der Waals surface area contributed by atoms with Crippen LogP contribution in [0, 0.1) is 0 Å². The van der Waals surface area contributed by atoms with E-state index in [4.69, 9.17) is 30.8 Å². The molecule has 6 nitrogen and oxygen atoms in total. The topological polar surface area (TPSA) is 62.6 Å². The average molecular weight is 445 g/mol. The zero-order valence-electron chi connectivity index (χ0n) is 16.3. The zero-order chi connectivity index (χ0) is 20.5. The van der Waals surface area contributed by atoms with Crippen LogP contribution in [0.15, 0.2) is 46.3 Å². The van der Waals surface area contributed by atoms with Crippen molar-refractivity contribution in [1.29, 1.82) is 0 Å². The van der Waals surface area contributed by atoms with Gasteiger partial charge in [0.25, 0.3) is 5.56 Å². The van der Waals surface area contributed by atoms with Crippen molar-refractivity contribution in [2.45, 2.75) is 36.4 Å². The van der Waals surface area contributed by atoms with Crippen molar-refractivity contribution in [3.05, 3.63) is 57.3 Å². The Labute approximate surface area is 183 Å². The lowest BCUT2D eigenvalue weighted by molar-refractivity contribution is 0.0937. The molecular formula is C22H21ClN2O4S. The third-order valence-electron chi connectivity index (χ3n) is 5.26. The van der Waals surface area contributed by atoms with Gasteiger partial charge in [0, 0.05) is 12.4 Å². The van der Waals surface area contributed by atoms with Gasteiger partial charge in [-0.15, -0.1) is 0 Å². The number of rotatable bonds is 5. The Morgan fingerprint density at radius 1 is 1.17 bits per heavy atom.